The van der Waals surface area contributed by atoms with E-state index in [0.29, 0.717) is 26.9 Å². The lowest BCUT2D eigenvalue weighted by Gasteiger charge is -2.34. The highest BCUT2D eigenvalue weighted by atomic mass is 32.2. The van der Waals surface area contributed by atoms with Crippen LogP contribution in [0, 0.1) is 6.92 Å². The van der Waals surface area contributed by atoms with Gasteiger partial charge in [0, 0.05) is 18.4 Å². The number of rotatable bonds is 5. The molecule has 7 nitrogen and oxygen atoms in total. The van der Waals surface area contributed by atoms with Gasteiger partial charge in [0.05, 0.1) is 23.7 Å². The van der Waals surface area contributed by atoms with Gasteiger partial charge < -0.3 is 9.84 Å². The molecule has 1 aromatic carbocycles. The van der Waals surface area contributed by atoms with Crippen LogP contribution in [0.1, 0.15) is 37.4 Å². The third kappa shape index (κ3) is 3.38. The molecule has 0 saturated heterocycles. The molecular formula is C19H21F2N3O4S2. The van der Waals surface area contributed by atoms with Crippen LogP contribution in [0.3, 0.4) is 0 Å². The summed E-state index contributed by atoms with van der Waals surface area (Å²) in [5.41, 5.74) is 0.549. The second-order valence-electron chi connectivity index (χ2n) is 8.00. The van der Waals surface area contributed by atoms with Crippen molar-refractivity contribution in [2.45, 2.75) is 55.3 Å². The summed E-state index contributed by atoms with van der Waals surface area (Å²) in [7, 11) is -2.67. The van der Waals surface area contributed by atoms with Gasteiger partial charge in [-0.05, 0) is 39.0 Å². The molecule has 0 spiro atoms. The molecule has 3 aromatic rings. The Balaban J connectivity index is 1.85. The zero-order chi connectivity index (χ0) is 22.1. The minimum atomic E-state index is -4.01. The number of imidazole rings is 1. The first-order chi connectivity index (χ1) is 13.8. The molecular weight excluding hydrogens is 436 g/mol. The van der Waals surface area contributed by atoms with Gasteiger partial charge in [0.25, 0.3) is 5.92 Å². The summed E-state index contributed by atoms with van der Waals surface area (Å²) in [6, 6.07) is 4.60. The van der Waals surface area contributed by atoms with Crippen molar-refractivity contribution in [3.63, 3.8) is 0 Å². The van der Waals surface area contributed by atoms with Crippen molar-refractivity contribution >= 4 is 26.1 Å². The minimum absolute atomic E-state index is 0.0998. The number of methoxy groups -OCH3 is 1. The van der Waals surface area contributed by atoms with E-state index in [1.54, 1.807) is 31.4 Å². The molecule has 1 saturated carbocycles. The average Bonchev–Trinajstić information content (AvgIpc) is 3.15. The van der Waals surface area contributed by atoms with Crippen molar-refractivity contribution in [1.29, 1.82) is 0 Å². The van der Waals surface area contributed by atoms with Crippen LogP contribution in [-0.4, -0.2) is 46.4 Å². The Labute approximate surface area is 176 Å². The van der Waals surface area contributed by atoms with Crippen LogP contribution in [-0.2, 0) is 15.4 Å². The summed E-state index contributed by atoms with van der Waals surface area (Å²) >= 11 is 1.23. The Morgan fingerprint density at radius 2 is 2.00 bits per heavy atom. The van der Waals surface area contributed by atoms with Crippen LogP contribution in [0.2, 0.25) is 0 Å². The highest BCUT2D eigenvalue weighted by Gasteiger charge is 2.52. The highest BCUT2D eigenvalue weighted by molar-refractivity contribution is 7.92. The Bertz CT molecular complexity index is 1230. The van der Waals surface area contributed by atoms with E-state index in [2.05, 4.69) is 10.1 Å². The lowest BCUT2D eigenvalue weighted by molar-refractivity contribution is -0.0686. The molecule has 11 heteroatoms. The number of aromatic nitrogens is 3. The number of alkyl halides is 2. The van der Waals surface area contributed by atoms with E-state index >= 15 is 0 Å². The number of sulfone groups is 1. The first kappa shape index (κ1) is 21.1. The largest absolute Gasteiger partial charge is 0.495 e. The number of ether oxygens (including phenoxy) is 1. The molecule has 0 atom stereocenters. The molecule has 0 unspecified atom stereocenters. The molecule has 1 aliphatic carbocycles. The van der Waals surface area contributed by atoms with Gasteiger partial charge in [-0.3, -0.25) is 0 Å². The summed E-state index contributed by atoms with van der Waals surface area (Å²) in [5.74, 6) is -2.85. The smallest absolute Gasteiger partial charge is 0.250 e. The Morgan fingerprint density at radius 3 is 2.57 bits per heavy atom. The van der Waals surface area contributed by atoms with Crippen molar-refractivity contribution < 1.29 is 27.0 Å². The van der Waals surface area contributed by atoms with E-state index in [1.807, 2.05) is 0 Å². The predicted molar refractivity (Wildman–Crippen MR) is 108 cm³/mol. The standard InChI is InChI=1S/C19H21F2N3O4S2/c1-10-15(24-17(22-10)29-16(23-24)18(2,3)25)11-5-6-13(28-4)14(7-11)30(26,27)12-8-19(20,21)9-12/h5-7,12,25H,8-9H2,1-4H3. The van der Waals surface area contributed by atoms with Crippen LogP contribution in [0.4, 0.5) is 8.78 Å². The highest BCUT2D eigenvalue weighted by Crippen LogP contribution is 2.45. The van der Waals surface area contributed by atoms with Crippen LogP contribution in [0.15, 0.2) is 23.1 Å². The summed E-state index contributed by atoms with van der Waals surface area (Å²) in [4.78, 5) is 4.89. The third-order valence-electron chi connectivity index (χ3n) is 5.14. The van der Waals surface area contributed by atoms with Crippen molar-refractivity contribution in [3.8, 4) is 17.0 Å². The molecule has 0 radical (unpaired) electrons. The predicted octanol–water partition coefficient (Wildman–Crippen LogP) is 3.57. The number of aliphatic hydroxyl groups is 1. The molecule has 162 valence electrons. The molecule has 0 bridgehead atoms. The van der Waals surface area contributed by atoms with Crippen molar-refractivity contribution in [1.82, 2.24) is 14.6 Å². The van der Waals surface area contributed by atoms with Crippen molar-refractivity contribution in [3.05, 3.63) is 28.9 Å². The Hall–Kier alpha value is -2.11. The van der Waals surface area contributed by atoms with Crippen LogP contribution in [0.5, 0.6) is 5.75 Å². The first-order valence-corrected chi connectivity index (χ1v) is 11.6. The number of benzene rings is 1. The maximum Gasteiger partial charge on any atom is 0.250 e. The summed E-state index contributed by atoms with van der Waals surface area (Å²) in [6.07, 6.45) is -1.39. The Morgan fingerprint density at radius 1 is 1.33 bits per heavy atom. The van der Waals surface area contributed by atoms with Gasteiger partial charge in [0.2, 0.25) is 4.96 Å². The monoisotopic (exact) mass is 457 g/mol. The molecule has 1 N–H and O–H groups in total. The molecule has 1 aliphatic rings. The maximum absolute atomic E-state index is 13.3. The van der Waals surface area contributed by atoms with E-state index in [4.69, 9.17) is 4.74 Å². The topological polar surface area (TPSA) is 93.8 Å². The minimum Gasteiger partial charge on any atom is -0.495 e. The zero-order valence-electron chi connectivity index (χ0n) is 16.8. The average molecular weight is 458 g/mol. The number of aryl methyl sites for hydroxylation is 1. The number of hydrogen-bond acceptors (Lipinski definition) is 7. The number of hydrogen-bond donors (Lipinski definition) is 1. The fourth-order valence-corrected chi connectivity index (χ4v) is 6.43. The van der Waals surface area contributed by atoms with Crippen LogP contribution >= 0.6 is 11.3 Å². The SMILES string of the molecule is COc1ccc(-c2c(C)nc3sc(C(C)(C)O)nn23)cc1S(=O)(=O)C1CC(F)(F)C1. The van der Waals surface area contributed by atoms with Crippen LogP contribution in [0.25, 0.3) is 16.2 Å². The number of halogens is 2. The lowest BCUT2D eigenvalue weighted by atomic mass is 9.94. The second kappa shape index (κ2) is 6.69. The van der Waals surface area contributed by atoms with E-state index in [1.165, 1.54) is 30.6 Å². The van der Waals surface area contributed by atoms with Gasteiger partial charge in [-0.1, -0.05) is 11.3 Å². The van der Waals surface area contributed by atoms with E-state index in [9.17, 15) is 22.3 Å². The van der Waals surface area contributed by atoms with E-state index in [0.717, 1.165) is 0 Å². The molecule has 0 aliphatic heterocycles. The first-order valence-electron chi connectivity index (χ1n) is 9.23. The molecule has 2 aromatic heterocycles. The van der Waals surface area contributed by atoms with Gasteiger partial charge in [-0.25, -0.2) is 26.7 Å². The summed E-state index contributed by atoms with van der Waals surface area (Å²) in [5, 5.41) is 14.0. The van der Waals surface area contributed by atoms with E-state index < -0.39 is 39.5 Å². The normalized spacial score (nSPS) is 17.3. The van der Waals surface area contributed by atoms with Crippen LogP contribution < -0.4 is 4.74 Å². The fraction of sp³-hybridized carbons (Fsp3) is 0.474. The van der Waals surface area contributed by atoms with Gasteiger partial charge in [0.15, 0.2) is 9.84 Å². The molecule has 0 amide bonds. The fourth-order valence-electron chi connectivity index (χ4n) is 3.48. The van der Waals surface area contributed by atoms with Gasteiger partial charge in [0.1, 0.15) is 21.3 Å². The van der Waals surface area contributed by atoms with Crippen molar-refractivity contribution in [2.75, 3.05) is 7.11 Å². The quantitative estimate of drug-likeness (QED) is 0.630. The lowest BCUT2D eigenvalue weighted by Crippen LogP contribution is -2.44. The number of fused-ring (bicyclic) bond motifs is 1. The molecule has 1 fully saturated rings. The van der Waals surface area contributed by atoms with E-state index in [-0.39, 0.29) is 10.6 Å². The second-order valence-corrected chi connectivity index (χ2v) is 11.2. The molecule has 30 heavy (non-hydrogen) atoms. The third-order valence-corrected chi connectivity index (χ3v) is 8.50. The summed E-state index contributed by atoms with van der Waals surface area (Å²) < 4.78 is 59.4. The van der Waals surface area contributed by atoms with Gasteiger partial charge in [-0.15, -0.1) is 0 Å². The maximum atomic E-state index is 13.3. The summed E-state index contributed by atoms with van der Waals surface area (Å²) in [6.45, 7) is 5.00. The Kier molecular flexibility index (Phi) is 4.72. The van der Waals surface area contributed by atoms with Gasteiger partial charge >= 0.3 is 0 Å². The van der Waals surface area contributed by atoms with Crippen molar-refractivity contribution in [2.24, 2.45) is 0 Å². The molecule has 4 rings (SSSR count). The number of nitrogens with zero attached hydrogens (tertiary/aromatic N) is 3. The molecule has 2 heterocycles. The van der Waals surface area contributed by atoms with Gasteiger partial charge in [-0.2, -0.15) is 5.10 Å². The zero-order valence-corrected chi connectivity index (χ0v) is 18.4.